The van der Waals surface area contributed by atoms with Gasteiger partial charge < -0.3 is 29.9 Å². The first-order chi connectivity index (χ1) is 14.5. The van der Waals surface area contributed by atoms with Crippen molar-refractivity contribution in [1.82, 2.24) is 10.2 Å². The Hall–Kier alpha value is -3.13. The number of methoxy groups -OCH3 is 2. The summed E-state index contributed by atoms with van der Waals surface area (Å²) in [5, 5.41) is 6.10. The molecule has 9 heteroatoms. The molecule has 2 N–H and O–H groups in total. The molecule has 1 saturated heterocycles. The molecule has 0 bridgehead atoms. The molecule has 3 rings (SSSR count). The van der Waals surface area contributed by atoms with Gasteiger partial charge in [0.05, 0.1) is 20.8 Å². The van der Waals surface area contributed by atoms with Gasteiger partial charge in [-0.25, -0.2) is 4.79 Å². The summed E-state index contributed by atoms with van der Waals surface area (Å²) in [6.07, 6.45) is 0. The number of nitrogens with one attached hydrogen (secondary N) is 2. The number of urea groups is 1. The van der Waals surface area contributed by atoms with Gasteiger partial charge in [0.2, 0.25) is 5.91 Å². The number of halogens is 1. The molecule has 2 aromatic rings. The van der Waals surface area contributed by atoms with Crippen LogP contribution in [0.25, 0.3) is 0 Å². The molecule has 160 valence electrons. The van der Waals surface area contributed by atoms with Gasteiger partial charge in [0.15, 0.2) is 0 Å². The Morgan fingerprint density at radius 2 is 1.57 bits per heavy atom. The van der Waals surface area contributed by atoms with Gasteiger partial charge in [0.1, 0.15) is 11.5 Å². The molecular weight excluding hydrogens is 408 g/mol. The van der Waals surface area contributed by atoms with Crippen LogP contribution in [0.15, 0.2) is 42.5 Å². The number of carbonyl (C=O) groups excluding carboxylic acids is 2. The van der Waals surface area contributed by atoms with Gasteiger partial charge in [0, 0.05) is 60.8 Å². The minimum Gasteiger partial charge on any atom is -0.497 e. The largest absolute Gasteiger partial charge is 0.497 e. The number of nitrogens with zero attached hydrogens (tertiary/aromatic N) is 2. The highest BCUT2D eigenvalue weighted by atomic mass is 35.5. The van der Waals surface area contributed by atoms with Crippen molar-refractivity contribution in [2.75, 3.05) is 57.2 Å². The number of hydrogen-bond acceptors (Lipinski definition) is 5. The van der Waals surface area contributed by atoms with Gasteiger partial charge in [-0.15, -0.1) is 0 Å². The van der Waals surface area contributed by atoms with Crippen LogP contribution >= 0.6 is 11.6 Å². The third-order valence-electron chi connectivity index (χ3n) is 4.79. The lowest BCUT2D eigenvalue weighted by Crippen LogP contribution is -2.52. The summed E-state index contributed by atoms with van der Waals surface area (Å²) in [4.78, 5) is 28.5. The lowest BCUT2D eigenvalue weighted by Gasteiger charge is -2.36. The zero-order valence-electron chi connectivity index (χ0n) is 17.0. The number of piperazine rings is 1. The van der Waals surface area contributed by atoms with Gasteiger partial charge in [-0.1, -0.05) is 11.6 Å². The lowest BCUT2D eigenvalue weighted by molar-refractivity contribution is -0.115. The Morgan fingerprint density at radius 1 is 0.967 bits per heavy atom. The third kappa shape index (κ3) is 5.70. The van der Waals surface area contributed by atoms with E-state index in [1.54, 1.807) is 23.1 Å². The van der Waals surface area contributed by atoms with Crippen LogP contribution in [-0.2, 0) is 4.79 Å². The Balaban J connectivity index is 1.45. The molecular formula is C21H25ClN4O4. The summed E-state index contributed by atoms with van der Waals surface area (Å²) >= 11 is 5.93. The zero-order chi connectivity index (χ0) is 21.5. The number of carbonyl (C=O) groups is 2. The highest BCUT2D eigenvalue weighted by Gasteiger charge is 2.21. The molecule has 2 aromatic carbocycles. The van der Waals surface area contributed by atoms with Crippen LogP contribution in [0, 0.1) is 0 Å². The van der Waals surface area contributed by atoms with Gasteiger partial charge in [-0.05, 0) is 24.3 Å². The maximum atomic E-state index is 12.4. The Bertz CT molecular complexity index is 861. The second kappa shape index (κ2) is 10.1. The predicted octanol–water partition coefficient (Wildman–Crippen LogP) is 2.83. The topological polar surface area (TPSA) is 83.1 Å². The van der Waals surface area contributed by atoms with Crippen molar-refractivity contribution in [2.24, 2.45) is 0 Å². The van der Waals surface area contributed by atoms with Gasteiger partial charge >= 0.3 is 6.03 Å². The van der Waals surface area contributed by atoms with E-state index in [0.29, 0.717) is 48.4 Å². The maximum absolute atomic E-state index is 12.4. The fourth-order valence-corrected chi connectivity index (χ4v) is 3.30. The number of amides is 3. The van der Waals surface area contributed by atoms with Crippen LogP contribution in [0.5, 0.6) is 11.5 Å². The first-order valence-electron chi connectivity index (χ1n) is 9.54. The average molecular weight is 433 g/mol. The van der Waals surface area contributed by atoms with E-state index in [4.69, 9.17) is 21.1 Å². The smallest absolute Gasteiger partial charge is 0.317 e. The summed E-state index contributed by atoms with van der Waals surface area (Å²) in [5.41, 5.74) is 1.61. The molecule has 0 spiro atoms. The summed E-state index contributed by atoms with van der Waals surface area (Å²) in [6, 6.07) is 12.5. The molecule has 1 aliphatic heterocycles. The monoisotopic (exact) mass is 432 g/mol. The summed E-state index contributed by atoms with van der Waals surface area (Å²) in [5.74, 6) is 0.790. The SMILES string of the molecule is COc1cc(NC(=O)CNC(=O)N2CCN(c3ccc(Cl)cc3)CC2)cc(OC)c1. The quantitative estimate of drug-likeness (QED) is 0.733. The Labute approximate surface area is 180 Å². The second-order valence-electron chi connectivity index (χ2n) is 6.76. The van der Waals surface area contributed by atoms with Crippen molar-refractivity contribution in [3.8, 4) is 11.5 Å². The molecule has 8 nitrogen and oxygen atoms in total. The fourth-order valence-electron chi connectivity index (χ4n) is 3.17. The third-order valence-corrected chi connectivity index (χ3v) is 5.05. The summed E-state index contributed by atoms with van der Waals surface area (Å²) < 4.78 is 10.4. The van der Waals surface area contributed by atoms with Crippen molar-refractivity contribution < 1.29 is 19.1 Å². The highest BCUT2D eigenvalue weighted by molar-refractivity contribution is 6.30. The van der Waals surface area contributed by atoms with Crippen LogP contribution < -0.4 is 25.0 Å². The van der Waals surface area contributed by atoms with Crippen molar-refractivity contribution in [3.05, 3.63) is 47.5 Å². The van der Waals surface area contributed by atoms with E-state index in [1.807, 2.05) is 24.3 Å². The van der Waals surface area contributed by atoms with E-state index >= 15 is 0 Å². The Morgan fingerprint density at radius 3 is 2.13 bits per heavy atom. The normalized spacial score (nSPS) is 13.6. The molecule has 0 saturated carbocycles. The predicted molar refractivity (Wildman–Crippen MR) is 117 cm³/mol. The molecule has 0 aliphatic carbocycles. The van der Waals surface area contributed by atoms with E-state index in [-0.39, 0.29) is 18.5 Å². The average Bonchev–Trinajstić information content (AvgIpc) is 2.77. The van der Waals surface area contributed by atoms with Gasteiger partial charge in [0.25, 0.3) is 0 Å². The lowest BCUT2D eigenvalue weighted by atomic mass is 10.2. The summed E-state index contributed by atoms with van der Waals surface area (Å²) in [6.45, 7) is 2.44. The van der Waals surface area contributed by atoms with Crippen LogP contribution in [0.3, 0.4) is 0 Å². The molecule has 0 radical (unpaired) electrons. The van der Waals surface area contributed by atoms with Crippen molar-refractivity contribution >= 4 is 34.9 Å². The number of ether oxygens (including phenoxy) is 2. The first-order valence-corrected chi connectivity index (χ1v) is 9.92. The number of rotatable bonds is 6. The van der Waals surface area contributed by atoms with Crippen molar-refractivity contribution in [2.45, 2.75) is 0 Å². The van der Waals surface area contributed by atoms with E-state index < -0.39 is 0 Å². The molecule has 3 amide bonds. The molecule has 0 unspecified atom stereocenters. The van der Waals surface area contributed by atoms with E-state index in [1.165, 1.54) is 14.2 Å². The van der Waals surface area contributed by atoms with E-state index in [2.05, 4.69) is 15.5 Å². The van der Waals surface area contributed by atoms with Crippen LogP contribution in [0.1, 0.15) is 0 Å². The first kappa shape index (κ1) is 21.6. The molecule has 1 aliphatic rings. The molecule has 0 aromatic heterocycles. The molecule has 1 fully saturated rings. The van der Waals surface area contributed by atoms with E-state index in [0.717, 1.165) is 5.69 Å². The number of hydrogen-bond donors (Lipinski definition) is 2. The van der Waals surface area contributed by atoms with Crippen molar-refractivity contribution in [1.29, 1.82) is 0 Å². The van der Waals surface area contributed by atoms with Crippen LogP contribution in [-0.4, -0.2) is 63.8 Å². The summed E-state index contributed by atoms with van der Waals surface area (Å²) in [7, 11) is 3.07. The highest BCUT2D eigenvalue weighted by Crippen LogP contribution is 2.25. The molecule has 0 atom stereocenters. The second-order valence-corrected chi connectivity index (χ2v) is 7.20. The Kier molecular flexibility index (Phi) is 7.24. The maximum Gasteiger partial charge on any atom is 0.317 e. The number of anilines is 2. The molecule has 30 heavy (non-hydrogen) atoms. The van der Waals surface area contributed by atoms with E-state index in [9.17, 15) is 9.59 Å². The fraction of sp³-hybridized carbons (Fsp3) is 0.333. The van der Waals surface area contributed by atoms with Gasteiger partial charge in [-0.2, -0.15) is 0 Å². The molecule has 1 heterocycles. The zero-order valence-corrected chi connectivity index (χ0v) is 17.7. The number of benzene rings is 2. The van der Waals surface area contributed by atoms with Gasteiger partial charge in [-0.3, -0.25) is 4.79 Å². The minimum absolute atomic E-state index is 0.129. The standard InChI is InChI=1S/C21H25ClN4O4/c1-29-18-11-16(12-19(13-18)30-2)24-20(27)14-23-21(28)26-9-7-25(8-10-26)17-5-3-15(22)4-6-17/h3-6,11-13H,7-10,14H2,1-2H3,(H,23,28)(H,24,27). The van der Waals surface area contributed by atoms with Crippen molar-refractivity contribution in [3.63, 3.8) is 0 Å². The van der Waals surface area contributed by atoms with Crippen LogP contribution in [0.4, 0.5) is 16.2 Å². The van der Waals surface area contributed by atoms with Crippen LogP contribution in [0.2, 0.25) is 5.02 Å². The minimum atomic E-state index is -0.335.